The molecule has 0 heterocycles. The first-order valence-corrected chi connectivity index (χ1v) is 5.39. The van der Waals surface area contributed by atoms with E-state index in [-0.39, 0.29) is 0 Å². The summed E-state index contributed by atoms with van der Waals surface area (Å²) in [7, 11) is 0. The molecule has 0 N–H and O–H groups in total. The van der Waals surface area contributed by atoms with Crippen LogP contribution in [0.15, 0.2) is 55.1 Å². The standard InChI is InChI=1S/C14H18O2/c1-2-10-15-11-6-7-12-16-13-14-8-4-3-5-9-14/h2-9H,1,10-13H2/b7-6-. The molecule has 1 rings (SSSR count). The molecule has 0 aliphatic rings. The van der Waals surface area contributed by atoms with E-state index in [9.17, 15) is 0 Å². The van der Waals surface area contributed by atoms with Gasteiger partial charge in [-0.25, -0.2) is 0 Å². The van der Waals surface area contributed by atoms with Gasteiger partial charge in [0.1, 0.15) is 0 Å². The minimum Gasteiger partial charge on any atom is -0.373 e. The zero-order chi connectivity index (χ0) is 11.5. The lowest BCUT2D eigenvalue weighted by Gasteiger charge is -2.00. The van der Waals surface area contributed by atoms with Crippen LogP contribution in [0.5, 0.6) is 0 Å². The Labute approximate surface area is 97.2 Å². The topological polar surface area (TPSA) is 18.5 Å². The summed E-state index contributed by atoms with van der Waals surface area (Å²) in [5.41, 5.74) is 1.19. The summed E-state index contributed by atoms with van der Waals surface area (Å²) in [6.45, 7) is 6.04. The molecule has 16 heavy (non-hydrogen) atoms. The van der Waals surface area contributed by atoms with Gasteiger partial charge in [-0.1, -0.05) is 48.6 Å². The van der Waals surface area contributed by atoms with E-state index in [0.29, 0.717) is 26.4 Å². The van der Waals surface area contributed by atoms with Gasteiger partial charge in [0.25, 0.3) is 0 Å². The van der Waals surface area contributed by atoms with Gasteiger partial charge in [0.15, 0.2) is 0 Å². The number of hydrogen-bond donors (Lipinski definition) is 0. The summed E-state index contributed by atoms with van der Waals surface area (Å²) >= 11 is 0. The Bertz CT molecular complexity index is 304. The van der Waals surface area contributed by atoms with Crippen molar-refractivity contribution in [2.45, 2.75) is 6.61 Å². The summed E-state index contributed by atoms with van der Waals surface area (Å²) in [6, 6.07) is 10.1. The average molecular weight is 218 g/mol. The molecular formula is C14H18O2. The maximum atomic E-state index is 5.46. The quantitative estimate of drug-likeness (QED) is 0.493. The third-order valence-electron chi connectivity index (χ3n) is 1.94. The lowest BCUT2D eigenvalue weighted by atomic mass is 10.2. The minimum atomic E-state index is 0.592. The van der Waals surface area contributed by atoms with E-state index in [1.54, 1.807) is 6.08 Å². The molecule has 2 nitrogen and oxygen atoms in total. The van der Waals surface area contributed by atoms with Gasteiger partial charge in [-0.05, 0) is 5.56 Å². The minimum absolute atomic E-state index is 0.592. The summed E-state index contributed by atoms with van der Waals surface area (Å²) in [4.78, 5) is 0. The van der Waals surface area contributed by atoms with Gasteiger partial charge < -0.3 is 9.47 Å². The van der Waals surface area contributed by atoms with Crippen LogP contribution in [0.25, 0.3) is 0 Å². The Morgan fingerprint density at radius 3 is 2.31 bits per heavy atom. The highest BCUT2D eigenvalue weighted by Gasteiger charge is 1.88. The van der Waals surface area contributed by atoms with E-state index < -0.39 is 0 Å². The SMILES string of the molecule is C=CCOC/C=C\COCc1ccccc1. The first kappa shape index (κ1) is 12.7. The molecule has 2 heteroatoms. The van der Waals surface area contributed by atoms with Crippen molar-refractivity contribution in [3.05, 3.63) is 60.7 Å². The van der Waals surface area contributed by atoms with Gasteiger partial charge in [-0.15, -0.1) is 6.58 Å². The third kappa shape index (κ3) is 6.17. The fraction of sp³-hybridized carbons (Fsp3) is 0.286. The maximum absolute atomic E-state index is 5.46. The Morgan fingerprint density at radius 2 is 1.62 bits per heavy atom. The number of hydrogen-bond acceptors (Lipinski definition) is 2. The number of rotatable bonds is 8. The second-order valence-corrected chi connectivity index (χ2v) is 3.30. The fourth-order valence-electron chi connectivity index (χ4n) is 1.17. The van der Waals surface area contributed by atoms with Crippen molar-refractivity contribution in [2.24, 2.45) is 0 Å². The molecule has 0 aliphatic carbocycles. The smallest absolute Gasteiger partial charge is 0.0721 e. The molecule has 0 fully saturated rings. The van der Waals surface area contributed by atoms with E-state index in [0.717, 1.165) is 0 Å². The summed E-state index contributed by atoms with van der Waals surface area (Å²) in [5, 5.41) is 0. The normalized spacial score (nSPS) is 10.8. The fourth-order valence-corrected chi connectivity index (χ4v) is 1.17. The Kier molecular flexibility index (Phi) is 7.05. The van der Waals surface area contributed by atoms with Crippen LogP contribution in [0.4, 0.5) is 0 Å². The molecule has 0 saturated heterocycles. The Morgan fingerprint density at radius 1 is 0.938 bits per heavy atom. The molecule has 0 spiro atoms. The van der Waals surface area contributed by atoms with Crippen LogP contribution in [0.1, 0.15) is 5.56 Å². The van der Waals surface area contributed by atoms with E-state index in [2.05, 4.69) is 18.7 Å². The first-order valence-electron chi connectivity index (χ1n) is 5.39. The van der Waals surface area contributed by atoms with E-state index in [1.807, 2.05) is 30.4 Å². The van der Waals surface area contributed by atoms with Crippen molar-refractivity contribution < 1.29 is 9.47 Å². The van der Waals surface area contributed by atoms with Crippen LogP contribution in [0.3, 0.4) is 0 Å². The zero-order valence-electron chi connectivity index (χ0n) is 9.47. The van der Waals surface area contributed by atoms with Crippen LogP contribution in [-0.4, -0.2) is 19.8 Å². The highest BCUT2D eigenvalue weighted by Crippen LogP contribution is 1.99. The first-order chi connectivity index (χ1) is 7.93. The third-order valence-corrected chi connectivity index (χ3v) is 1.94. The average Bonchev–Trinajstić information content (AvgIpc) is 2.34. The lowest BCUT2D eigenvalue weighted by Crippen LogP contribution is -1.94. The highest BCUT2D eigenvalue weighted by atomic mass is 16.5. The predicted molar refractivity (Wildman–Crippen MR) is 66.3 cm³/mol. The van der Waals surface area contributed by atoms with Gasteiger partial charge >= 0.3 is 0 Å². The van der Waals surface area contributed by atoms with Crippen molar-refractivity contribution in [2.75, 3.05) is 19.8 Å². The van der Waals surface area contributed by atoms with Crippen molar-refractivity contribution in [3.8, 4) is 0 Å². The number of ether oxygens (including phenoxy) is 2. The molecule has 0 aliphatic heterocycles. The second kappa shape index (κ2) is 8.89. The molecule has 0 radical (unpaired) electrons. The predicted octanol–water partition coefficient (Wildman–Crippen LogP) is 2.96. The molecule has 0 bridgehead atoms. The largest absolute Gasteiger partial charge is 0.373 e. The van der Waals surface area contributed by atoms with E-state index >= 15 is 0 Å². The molecular weight excluding hydrogens is 200 g/mol. The Balaban J connectivity index is 2.01. The number of benzene rings is 1. The van der Waals surface area contributed by atoms with Crippen molar-refractivity contribution in [1.29, 1.82) is 0 Å². The van der Waals surface area contributed by atoms with Gasteiger partial charge in [0.05, 0.1) is 26.4 Å². The maximum Gasteiger partial charge on any atom is 0.0721 e. The summed E-state index contributed by atoms with van der Waals surface area (Å²) in [6.07, 6.45) is 5.65. The van der Waals surface area contributed by atoms with Crippen LogP contribution in [0, 0.1) is 0 Å². The van der Waals surface area contributed by atoms with Gasteiger partial charge in [-0.3, -0.25) is 0 Å². The van der Waals surface area contributed by atoms with Crippen LogP contribution in [-0.2, 0) is 16.1 Å². The van der Waals surface area contributed by atoms with Crippen molar-refractivity contribution in [3.63, 3.8) is 0 Å². The lowest BCUT2D eigenvalue weighted by molar-refractivity contribution is 0.147. The molecule has 1 aromatic rings. The summed E-state index contributed by atoms with van der Waals surface area (Å²) in [5.74, 6) is 0. The molecule has 0 amide bonds. The monoisotopic (exact) mass is 218 g/mol. The van der Waals surface area contributed by atoms with Crippen LogP contribution < -0.4 is 0 Å². The second-order valence-electron chi connectivity index (χ2n) is 3.30. The Hall–Kier alpha value is -1.38. The van der Waals surface area contributed by atoms with Crippen LogP contribution in [0.2, 0.25) is 0 Å². The van der Waals surface area contributed by atoms with Gasteiger partial charge in [-0.2, -0.15) is 0 Å². The molecule has 0 atom stereocenters. The van der Waals surface area contributed by atoms with E-state index in [4.69, 9.17) is 9.47 Å². The zero-order valence-corrected chi connectivity index (χ0v) is 9.47. The van der Waals surface area contributed by atoms with Gasteiger partial charge in [0.2, 0.25) is 0 Å². The molecule has 86 valence electrons. The highest BCUT2D eigenvalue weighted by molar-refractivity contribution is 5.13. The summed E-state index contributed by atoms with van der Waals surface area (Å²) < 4.78 is 10.7. The molecule has 0 aromatic heterocycles. The molecule has 1 aromatic carbocycles. The van der Waals surface area contributed by atoms with Crippen molar-refractivity contribution >= 4 is 0 Å². The van der Waals surface area contributed by atoms with Crippen molar-refractivity contribution in [1.82, 2.24) is 0 Å². The van der Waals surface area contributed by atoms with Gasteiger partial charge in [0, 0.05) is 0 Å². The van der Waals surface area contributed by atoms with E-state index in [1.165, 1.54) is 5.56 Å². The van der Waals surface area contributed by atoms with Crippen LogP contribution >= 0.6 is 0 Å². The molecule has 0 unspecified atom stereocenters. The molecule has 0 saturated carbocycles.